The number of carboxylic acid groups (broad SMARTS) is 1. The quantitative estimate of drug-likeness (QED) is 0.841. The van der Waals surface area contributed by atoms with Gasteiger partial charge in [-0.3, -0.25) is 9.69 Å². The van der Waals surface area contributed by atoms with E-state index in [1.54, 1.807) is 0 Å². The van der Waals surface area contributed by atoms with Gasteiger partial charge in [-0.25, -0.2) is 0 Å². The fourth-order valence-electron chi connectivity index (χ4n) is 2.52. The minimum atomic E-state index is -0.780. The molecule has 1 aliphatic heterocycles. The Balaban J connectivity index is 2.05. The van der Waals surface area contributed by atoms with Crippen LogP contribution in [0.3, 0.4) is 0 Å². The van der Waals surface area contributed by atoms with Gasteiger partial charge in [0, 0.05) is 19.1 Å². The molecule has 0 saturated carbocycles. The van der Waals surface area contributed by atoms with Crippen LogP contribution in [0.15, 0.2) is 24.3 Å². The molecule has 1 atom stereocenters. The zero-order valence-corrected chi connectivity index (χ0v) is 10.5. The average Bonchev–Trinajstić information content (AvgIpc) is 2.31. The second-order valence-electron chi connectivity index (χ2n) is 4.98. The predicted octanol–water partition coefficient (Wildman–Crippen LogP) is 1.24. The van der Waals surface area contributed by atoms with E-state index in [4.69, 9.17) is 10.8 Å². The Hall–Kier alpha value is -1.39. The fourth-order valence-corrected chi connectivity index (χ4v) is 2.52. The zero-order chi connectivity index (χ0) is 13.0. The maximum absolute atomic E-state index is 10.8. The number of carbonyl (C=O) groups is 1. The molecule has 1 unspecified atom stereocenters. The van der Waals surface area contributed by atoms with Gasteiger partial charge in [0.25, 0.3) is 0 Å². The van der Waals surface area contributed by atoms with Crippen LogP contribution >= 0.6 is 0 Å². The minimum Gasteiger partial charge on any atom is -0.481 e. The number of piperidine rings is 1. The third kappa shape index (κ3) is 3.55. The van der Waals surface area contributed by atoms with Crippen LogP contribution in [-0.4, -0.2) is 35.1 Å². The Morgan fingerprint density at radius 1 is 1.39 bits per heavy atom. The fraction of sp³-hybridized carbons (Fsp3) is 0.500. The molecule has 2 rings (SSSR count). The highest BCUT2D eigenvalue weighted by atomic mass is 16.4. The number of benzene rings is 1. The number of rotatable bonds is 4. The van der Waals surface area contributed by atoms with Gasteiger partial charge in [0.2, 0.25) is 0 Å². The molecule has 0 aromatic heterocycles. The first kappa shape index (κ1) is 13.1. The zero-order valence-electron chi connectivity index (χ0n) is 10.5. The van der Waals surface area contributed by atoms with E-state index in [1.807, 2.05) is 24.3 Å². The standard InChI is InChI=1S/C14H20N2O2/c15-13-6-3-7-16(10-13)9-12-5-2-1-4-11(12)8-14(17)18/h1-2,4-5,13H,3,6-10,15H2,(H,17,18). The number of aliphatic carboxylic acids is 1. The Labute approximate surface area is 107 Å². The van der Waals surface area contributed by atoms with Gasteiger partial charge in [0.15, 0.2) is 0 Å². The van der Waals surface area contributed by atoms with E-state index in [0.29, 0.717) is 0 Å². The van der Waals surface area contributed by atoms with Crippen molar-refractivity contribution in [2.24, 2.45) is 5.73 Å². The lowest BCUT2D eigenvalue weighted by Gasteiger charge is -2.31. The molecule has 0 spiro atoms. The van der Waals surface area contributed by atoms with Crippen molar-refractivity contribution in [3.8, 4) is 0 Å². The average molecular weight is 248 g/mol. The molecule has 4 nitrogen and oxygen atoms in total. The summed E-state index contributed by atoms with van der Waals surface area (Å²) in [4.78, 5) is 13.1. The van der Waals surface area contributed by atoms with E-state index in [-0.39, 0.29) is 12.5 Å². The van der Waals surface area contributed by atoms with E-state index in [9.17, 15) is 4.79 Å². The van der Waals surface area contributed by atoms with Crippen LogP contribution in [0.25, 0.3) is 0 Å². The summed E-state index contributed by atoms with van der Waals surface area (Å²) >= 11 is 0. The molecule has 0 aliphatic carbocycles. The van der Waals surface area contributed by atoms with Crippen molar-refractivity contribution in [1.29, 1.82) is 0 Å². The lowest BCUT2D eigenvalue weighted by Crippen LogP contribution is -2.42. The topological polar surface area (TPSA) is 66.6 Å². The van der Waals surface area contributed by atoms with Gasteiger partial charge in [-0.1, -0.05) is 24.3 Å². The van der Waals surface area contributed by atoms with Crippen LogP contribution < -0.4 is 5.73 Å². The molecule has 1 aromatic rings. The van der Waals surface area contributed by atoms with Crippen molar-refractivity contribution < 1.29 is 9.90 Å². The van der Waals surface area contributed by atoms with E-state index < -0.39 is 5.97 Å². The molecule has 1 fully saturated rings. The summed E-state index contributed by atoms with van der Waals surface area (Å²) in [7, 11) is 0. The van der Waals surface area contributed by atoms with Crippen LogP contribution in [-0.2, 0) is 17.8 Å². The second kappa shape index (κ2) is 5.98. The van der Waals surface area contributed by atoms with Crippen LogP contribution in [0, 0.1) is 0 Å². The van der Waals surface area contributed by atoms with Gasteiger partial charge in [-0.15, -0.1) is 0 Å². The maximum atomic E-state index is 10.8. The number of nitrogens with zero attached hydrogens (tertiary/aromatic N) is 1. The molecular formula is C14H20N2O2. The number of carboxylic acids is 1. The SMILES string of the molecule is NC1CCCN(Cc2ccccc2CC(=O)O)C1. The first-order valence-corrected chi connectivity index (χ1v) is 6.41. The predicted molar refractivity (Wildman–Crippen MR) is 70.3 cm³/mol. The van der Waals surface area contributed by atoms with E-state index in [1.165, 1.54) is 0 Å². The molecule has 1 saturated heterocycles. The molecule has 4 heteroatoms. The van der Waals surface area contributed by atoms with E-state index in [0.717, 1.165) is 43.6 Å². The third-order valence-electron chi connectivity index (χ3n) is 3.40. The van der Waals surface area contributed by atoms with Gasteiger partial charge >= 0.3 is 5.97 Å². The third-order valence-corrected chi connectivity index (χ3v) is 3.40. The first-order valence-electron chi connectivity index (χ1n) is 6.41. The second-order valence-corrected chi connectivity index (χ2v) is 4.98. The van der Waals surface area contributed by atoms with Crippen LogP contribution in [0.2, 0.25) is 0 Å². The Kier molecular flexibility index (Phi) is 4.33. The molecule has 98 valence electrons. The number of hydrogen-bond donors (Lipinski definition) is 2. The molecule has 3 N–H and O–H groups in total. The molecule has 0 amide bonds. The molecular weight excluding hydrogens is 228 g/mol. The summed E-state index contributed by atoms with van der Waals surface area (Å²) < 4.78 is 0. The molecule has 1 heterocycles. The van der Waals surface area contributed by atoms with Crippen molar-refractivity contribution in [2.75, 3.05) is 13.1 Å². The largest absolute Gasteiger partial charge is 0.481 e. The van der Waals surface area contributed by atoms with E-state index in [2.05, 4.69) is 4.90 Å². The summed E-state index contributed by atoms with van der Waals surface area (Å²) in [5.41, 5.74) is 7.97. The van der Waals surface area contributed by atoms with Gasteiger partial charge in [0.05, 0.1) is 6.42 Å². The summed E-state index contributed by atoms with van der Waals surface area (Å²) in [6.07, 6.45) is 2.31. The highest BCUT2D eigenvalue weighted by molar-refractivity contribution is 5.70. The smallest absolute Gasteiger partial charge is 0.307 e. The van der Waals surface area contributed by atoms with Crippen LogP contribution in [0.1, 0.15) is 24.0 Å². The molecule has 0 bridgehead atoms. The van der Waals surface area contributed by atoms with Crippen molar-refractivity contribution >= 4 is 5.97 Å². The van der Waals surface area contributed by atoms with Crippen LogP contribution in [0.4, 0.5) is 0 Å². The first-order chi connectivity index (χ1) is 8.65. The number of nitrogens with two attached hydrogens (primary N) is 1. The van der Waals surface area contributed by atoms with Gasteiger partial charge in [-0.2, -0.15) is 0 Å². The Morgan fingerprint density at radius 2 is 2.11 bits per heavy atom. The normalized spacial score (nSPS) is 20.8. The van der Waals surface area contributed by atoms with Gasteiger partial charge in [0.1, 0.15) is 0 Å². The highest BCUT2D eigenvalue weighted by Crippen LogP contribution is 2.16. The van der Waals surface area contributed by atoms with Crippen molar-refractivity contribution in [2.45, 2.75) is 31.8 Å². The summed E-state index contributed by atoms with van der Waals surface area (Å²) in [6, 6.07) is 8.02. The monoisotopic (exact) mass is 248 g/mol. The highest BCUT2D eigenvalue weighted by Gasteiger charge is 2.17. The van der Waals surface area contributed by atoms with Crippen molar-refractivity contribution in [1.82, 2.24) is 4.90 Å². The van der Waals surface area contributed by atoms with Crippen molar-refractivity contribution in [3.05, 3.63) is 35.4 Å². The molecule has 0 radical (unpaired) electrons. The number of likely N-dealkylation sites (tertiary alicyclic amines) is 1. The lowest BCUT2D eigenvalue weighted by atomic mass is 10.0. The molecule has 1 aromatic carbocycles. The van der Waals surface area contributed by atoms with Gasteiger partial charge < -0.3 is 10.8 Å². The lowest BCUT2D eigenvalue weighted by molar-refractivity contribution is -0.136. The summed E-state index contributed by atoms with van der Waals surface area (Å²) in [5.74, 6) is -0.780. The summed E-state index contributed by atoms with van der Waals surface area (Å²) in [6.45, 7) is 2.76. The number of hydrogen-bond acceptors (Lipinski definition) is 3. The minimum absolute atomic E-state index is 0.0933. The van der Waals surface area contributed by atoms with Crippen LogP contribution in [0.5, 0.6) is 0 Å². The Bertz CT molecular complexity index is 420. The Morgan fingerprint density at radius 3 is 2.78 bits per heavy atom. The summed E-state index contributed by atoms with van der Waals surface area (Å²) in [5, 5.41) is 8.91. The van der Waals surface area contributed by atoms with Crippen molar-refractivity contribution in [3.63, 3.8) is 0 Å². The molecule has 1 aliphatic rings. The van der Waals surface area contributed by atoms with Gasteiger partial charge in [-0.05, 0) is 30.5 Å². The maximum Gasteiger partial charge on any atom is 0.307 e. The molecule has 18 heavy (non-hydrogen) atoms. The van der Waals surface area contributed by atoms with E-state index >= 15 is 0 Å².